The number of thiophene rings is 4. The second kappa shape index (κ2) is 10.3. The number of rotatable bonds is 4. The first-order valence-corrected chi connectivity index (χ1v) is 17.4. The average Bonchev–Trinajstić information content (AvgIpc) is 3.87. The molecule has 0 aliphatic rings. The van der Waals surface area contributed by atoms with E-state index in [1.54, 1.807) is 36.5 Å². The van der Waals surface area contributed by atoms with E-state index >= 15 is 0 Å². The average molecular weight is 676 g/mol. The van der Waals surface area contributed by atoms with E-state index in [1.807, 2.05) is 65.4 Å². The van der Waals surface area contributed by atoms with Gasteiger partial charge in [-0.3, -0.25) is 0 Å². The summed E-state index contributed by atoms with van der Waals surface area (Å²) in [5, 5.41) is 5.68. The Morgan fingerprint density at radius 1 is 0.565 bits per heavy atom. The highest BCUT2D eigenvalue weighted by atomic mass is 32.1. The summed E-state index contributed by atoms with van der Waals surface area (Å²) in [6, 6.07) is 17.8. The van der Waals surface area contributed by atoms with Crippen LogP contribution in [0.1, 0.15) is 11.8 Å². The SMILES string of the molecule is Cc1nc2c(sc3nc(-c4cccc(-c5cc(-c6cccs6)c6c(n5)sc5c(=O)oc(C)nc56)n4)cc(-c4cccs4)c32)c(=O)o1. The maximum atomic E-state index is 12.8. The molecular weight excluding hydrogens is 659 g/mol. The molecule has 0 unspecified atom stereocenters. The van der Waals surface area contributed by atoms with E-state index in [9.17, 15) is 9.59 Å². The van der Waals surface area contributed by atoms with E-state index in [2.05, 4.69) is 9.97 Å². The predicted octanol–water partition coefficient (Wildman–Crippen LogP) is 8.71. The van der Waals surface area contributed by atoms with Gasteiger partial charge in [-0.15, -0.1) is 45.3 Å². The van der Waals surface area contributed by atoms with Crippen molar-refractivity contribution in [2.24, 2.45) is 0 Å². The monoisotopic (exact) mass is 675 g/mol. The molecule has 222 valence electrons. The Labute approximate surface area is 274 Å². The van der Waals surface area contributed by atoms with Gasteiger partial charge in [0.25, 0.3) is 0 Å². The molecule has 9 aromatic rings. The maximum absolute atomic E-state index is 12.8. The lowest BCUT2D eigenvalue weighted by Crippen LogP contribution is -2.00. The molecule has 0 N–H and O–H groups in total. The molecule has 0 aromatic carbocycles. The first kappa shape index (κ1) is 27.4. The molecule has 0 aliphatic heterocycles. The number of aryl methyl sites for hydroxylation is 2. The highest BCUT2D eigenvalue weighted by molar-refractivity contribution is 7.26. The number of hydrogen-bond acceptors (Lipinski definition) is 13. The highest BCUT2D eigenvalue weighted by Gasteiger charge is 2.22. The van der Waals surface area contributed by atoms with Gasteiger partial charge in [0.05, 0.1) is 22.8 Å². The summed E-state index contributed by atoms with van der Waals surface area (Å²) in [6.45, 7) is 3.35. The van der Waals surface area contributed by atoms with Gasteiger partial charge in [0.15, 0.2) is 11.8 Å². The lowest BCUT2D eigenvalue weighted by Gasteiger charge is -2.09. The fraction of sp³-hybridized carbons (Fsp3) is 0.0606. The Hall–Kier alpha value is -4.95. The summed E-state index contributed by atoms with van der Waals surface area (Å²) in [6.07, 6.45) is 0. The van der Waals surface area contributed by atoms with Crippen molar-refractivity contribution in [1.82, 2.24) is 24.9 Å². The van der Waals surface area contributed by atoms with Crippen LogP contribution in [0.2, 0.25) is 0 Å². The number of pyridine rings is 3. The Bertz CT molecular complexity index is 2590. The summed E-state index contributed by atoms with van der Waals surface area (Å²) in [4.78, 5) is 53.1. The zero-order valence-corrected chi connectivity index (χ0v) is 27.1. The van der Waals surface area contributed by atoms with Gasteiger partial charge in [-0.2, -0.15) is 0 Å². The minimum Gasteiger partial charge on any atom is -0.408 e. The van der Waals surface area contributed by atoms with Gasteiger partial charge in [0, 0.05) is 45.5 Å². The molecule has 46 heavy (non-hydrogen) atoms. The standard InChI is InChI=1S/C33H17N5O4S4/c1-14-34-26-24-16(22-8-4-10-43-22)12-20(37-30(24)45-28(26)32(39)41-14)18-6-3-7-19(36-18)21-13-17(23-9-5-11-44-23)25-27-29(46-31(25)38-21)33(40)42-15(2)35-27/h3-13H,1-2H3. The number of nitrogens with zero attached hydrogens (tertiary/aromatic N) is 5. The minimum atomic E-state index is -0.420. The van der Waals surface area contributed by atoms with Gasteiger partial charge in [0.2, 0.25) is 0 Å². The van der Waals surface area contributed by atoms with Crippen LogP contribution in [-0.2, 0) is 0 Å². The molecule has 0 radical (unpaired) electrons. The fourth-order valence-electron chi connectivity index (χ4n) is 5.61. The van der Waals surface area contributed by atoms with Crippen LogP contribution in [0, 0.1) is 13.8 Å². The Morgan fingerprint density at radius 2 is 1.04 bits per heavy atom. The van der Waals surface area contributed by atoms with Crippen molar-refractivity contribution < 1.29 is 8.83 Å². The molecule has 0 atom stereocenters. The van der Waals surface area contributed by atoms with Crippen LogP contribution in [0.15, 0.2) is 83.8 Å². The molecular formula is C33H17N5O4S4. The normalized spacial score (nSPS) is 11.9. The quantitative estimate of drug-likeness (QED) is 0.180. The van der Waals surface area contributed by atoms with Crippen LogP contribution in [0.4, 0.5) is 0 Å². The van der Waals surface area contributed by atoms with Crippen LogP contribution in [0.25, 0.3) is 84.5 Å². The lowest BCUT2D eigenvalue weighted by molar-refractivity contribution is 0.468. The van der Waals surface area contributed by atoms with E-state index < -0.39 is 11.3 Å². The van der Waals surface area contributed by atoms with Gasteiger partial charge < -0.3 is 8.83 Å². The fourth-order valence-corrected chi connectivity index (χ4v) is 9.14. The van der Waals surface area contributed by atoms with Gasteiger partial charge in [-0.25, -0.2) is 34.5 Å². The minimum absolute atomic E-state index is 0.310. The molecule has 0 spiro atoms. The van der Waals surface area contributed by atoms with Crippen molar-refractivity contribution >= 4 is 86.2 Å². The van der Waals surface area contributed by atoms with Gasteiger partial charge in [0.1, 0.15) is 30.1 Å². The Balaban J connectivity index is 1.26. The molecule has 13 heteroatoms. The summed E-state index contributed by atoms with van der Waals surface area (Å²) in [5.41, 5.74) is 4.83. The first-order chi connectivity index (χ1) is 22.4. The Kier molecular flexibility index (Phi) is 6.12. The zero-order valence-electron chi connectivity index (χ0n) is 23.9. The highest BCUT2D eigenvalue weighted by Crippen LogP contribution is 2.42. The zero-order chi connectivity index (χ0) is 31.1. The number of aromatic nitrogens is 5. The molecule has 9 rings (SSSR count). The molecule has 9 aromatic heterocycles. The van der Waals surface area contributed by atoms with Gasteiger partial charge >= 0.3 is 11.3 Å². The summed E-state index contributed by atoms with van der Waals surface area (Å²) < 4.78 is 11.5. The van der Waals surface area contributed by atoms with Crippen molar-refractivity contribution in [3.8, 4) is 43.7 Å². The van der Waals surface area contributed by atoms with Crippen LogP contribution in [-0.4, -0.2) is 24.9 Å². The van der Waals surface area contributed by atoms with E-state index in [1.165, 1.54) is 22.7 Å². The summed E-state index contributed by atoms with van der Waals surface area (Å²) >= 11 is 5.75. The topological polar surface area (TPSA) is 125 Å². The molecule has 0 bridgehead atoms. The van der Waals surface area contributed by atoms with E-state index in [4.69, 9.17) is 23.8 Å². The van der Waals surface area contributed by atoms with Crippen molar-refractivity contribution in [2.45, 2.75) is 13.8 Å². The van der Waals surface area contributed by atoms with E-state index in [0.29, 0.717) is 64.7 Å². The smallest absolute Gasteiger partial charge is 0.357 e. The van der Waals surface area contributed by atoms with Gasteiger partial charge in [-0.05, 0) is 47.2 Å². The van der Waals surface area contributed by atoms with Crippen LogP contribution >= 0.6 is 45.3 Å². The van der Waals surface area contributed by atoms with Crippen LogP contribution in [0.3, 0.4) is 0 Å². The van der Waals surface area contributed by atoms with Crippen molar-refractivity contribution in [3.63, 3.8) is 0 Å². The molecule has 0 aliphatic carbocycles. The largest absolute Gasteiger partial charge is 0.408 e. The molecule has 0 saturated carbocycles. The Morgan fingerprint density at radius 3 is 1.48 bits per heavy atom. The molecule has 0 saturated heterocycles. The maximum Gasteiger partial charge on any atom is 0.357 e. The molecule has 0 fully saturated rings. The molecule has 9 heterocycles. The van der Waals surface area contributed by atoms with E-state index in [-0.39, 0.29) is 0 Å². The third kappa shape index (κ3) is 4.27. The van der Waals surface area contributed by atoms with Crippen molar-refractivity contribution in [2.75, 3.05) is 0 Å². The third-order valence-corrected chi connectivity index (χ3v) is 11.4. The lowest BCUT2D eigenvalue weighted by atomic mass is 10.1. The number of hydrogen-bond donors (Lipinski definition) is 0. The van der Waals surface area contributed by atoms with E-state index in [0.717, 1.165) is 31.7 Å². The van der Waals surface area contributed by atoms with Gasteiger partial charge in [-0.1, -0.05) is 18.2 Å². The second-order valence-electron chi connectivity index (χ2n) is 10.4. The third-order valence-electron chi connectivity index (χ3n) is 7.51. The molecule has 9 nitrogen and oxygen atoms in total. The predicted molar refractivity (Wildman–Crippen MR) is 185 cm³/mol. The molecule has 0 amide bonds. The second-order valence-corrected chi connectivity index (χ2v) is 14.3. The van der Waals surface area contributed by atoms with Crippen molar-refractivity contribution in [3.05, 3.63) is 98.0 Å². The first-order valence-electron chi connectivity index (χ1n) is 14.0. The van der Waals surface area contributed by atoms with Crippen LogP contribution in [0.5, 0.6) is 0 Å². The number of fused-ring (bicyclic) bond motifs is 6. The van der Waals surface area contributed by atoms with Crippen LogP contribution < -0.4 is 11.3 Å². The summed E-state index contributed by atoms with van der Waals surface area (Å²) in [7, 11) is 0. The summed E-state index contributed by atoms with van der Waals surface area (Å²) in [5.74, 6) is 0.620. The van der Waals surface area contributed by atoms with Crippen molar-refractivity contribution in [1.29, 1.82) is 0 Å².